The van der Waals surface area contributed by atoms with Gasteiger partial charge < -0.3 is 0 Å². The lowest BCUT2D eigenvalue weighted by molar-refractivity contribution is 0.583. The van der Waals surface area contributed by atoms with Gasteiger partial charge in [0.2, 0.25) is 0 Å². The van der Waals surface area contributed by atoms with Crippen molar-refractivity contribution in [1.29, 1.82) is 0 Å². The molecule has 0 bridgehead atoms. The lowest BCUT2D eigenvalue weighted by atomic mass is 10.1. The summed E-state index contributed by atoms with van der Waals surface area (Å²) in [6.07, 6.45) is 0. The Kier molecular flexibility index (Phi) is 8.53. The summed E-state index contributed by atoms with van der Waals surface area (Å²) in [5, 5.41) is 2.73. The highest BCUT2D eigenvalue weighted by molar-refractivity contribution is 7.19. The fourth-order valence-corrected chi connectivity index (χ4v) is 11.3. The van der Waals surface area contributed by atoms with Crippen molar-refractivity contribution in [2.75, 3.05) is 0 Å². The molecular formula is C42H26F6Si. The maximum absolute atomic E-state index is 15.2. The molecule has 0 fully saturated rings. The minimum Gasteiger partial charge on any atom is -0.207 e. The van der Waals surface area contributed by atoms with Crippen LogP contribution in [0.4, 0.5) is 26.3 Å². The highest BCUT2D eigenvalue weighted by Gasteiger charge is 2.42. The van der Waals surface area contributed by atoms with Gasteiger partial charge in [0.1, 0.15) is 34.9 Å². The van der Waals surface area contributed by atoms with Crippen LogP contribution in [0, 0.1) is 34.9 Å². The quantitative estimate of drug-likeness (QED) is 0.0902. The molecule has 0 saturated heterocycles. The highest BCUT2D eigenvalue weighted by atomic mass is 28.3. The van der Waals surface area contributed by atoms with Gasteiger partial charge in [-0.2, -0.15) is 0 Å². The van der Waals surface area contributed by atoms with Crippen molar-refractivity contribution >= 4 is 28.8 Å². The zero-order valence-corrected chi connectivity index (χ0v) is 26.8. The van der Waals surface area contributed by atoms with Crippen LogP contribution in [0.15, 0.2) is 158 Å². The van der Waals surface area contributed by atoms with E-state index in [0.717, 1.165) is 44.9 Å². The Bertz CT molecular complexity index is 2110. The average molecular weight is 673 g/mol. The van der Waals surface area contributed by atoms with E-state index in [0.29, 0.717) is 27.4 Å². The number of benzene rings is 7. The Morgan fingerprint density at radius 1 is 0.245 bits per heavy atom. The van der Waals surface area contributed by atoms with Gasteiger partial charge in [0.15, 0.2) is 8.07 Å². The van der Waals surface area contributed by atoms with Crippen LogP contribution >= 0.6 is 0 Å². The van der Waals surface area contributed by atoms with E-state index in [4.69, 9.17) is 0 Å². The first kappa shape index (κ1) is 31.9. The number of hydrogen-bond donors (Lipinski definition) is 0. The fourth-order valence-electron chi connectivity index (χ4n) is 6.58. The van der Waals surface area contributed by atoms with E-state index in [9.17, 15) is 17.6 Å². The first-order valence-corrected chi connectivity index (χ1v) is 17.5. The van der Waals surface area contributed by atoms with Crippen molar-refractivity contribution in [3.63, 3.8) is 0 Å². The smallest absolute Gasteiger partial charge is 0.179 e. The maximum atomic E-state index is 15.2. The van der Waals surface area contributed by atoms with Gasteiger partial charge in [-0.05, 0) is 90.5 Å². The van der Waals surface area contributed by atoms with Gasteiger partial charge in [0.05, 0.1) is 0 Å². The SMILES string of the molecule is Fc1cc(F)cc(-c2ccc([Si](c3ccc(-c4ccccc4)cc3)(c3ccc(-c4cc(F)cc(F)c4)cc3)c3cc(F)cc(F)c3)cc2)c1. The zero-order valence-electron chi connectivity index (χ0n) is 25.8. The molecule has 0 aliphatic carbocycles. The minimum atomic E-state index is -3.55. The molecule has 0 unspecified atom stereocenters. The second kappa shape index (κ2) is 13.1. The molecule has 0 heterocycles. The van der Waals surface area contributed by atoms with Gasteiger partial charge in [-0.15, -0.1) is 0 Å². The molecule has 0 atom stereocenters. The van der Waals surface area contributed by atoms with Crippen LogP contribution in [0.5, 0.6) is 0 Å². The van der Waals surface area contributed by atoms with Crippen molar-refractivity contribution < 1.29 is 26.3 Å². The molecule has 0 radical (unpaired) electrons. The predicted molar refractivity (Wildman–Crippen MR) is 186 cm³/mol. The average Bonchev–Trinajstić information content (AvgIpc) is 3.09. The molecule has 0 saturated carbocycles. The van der Waals surface area contributed by atoms with Gasteiger partial charge in [-0.1, -0.05) is 103 Å². The first-order valence-electron chi connectivity index (χ1n) is 15.5. The predicted octanol–water partition coefficient (Wildman–Crippen LogP) is 8.90. The third-order valence-electron chi connectivity index (χ3n) is 8.75. The molecule has 0 aliphatic rings. The van der Waals surface area contributed by atoms with Crippen LogP contribution in [-0.2, 0) is 0 Å². The molecule has 7 aromatic carbocycles. The van der Waals surface area contributed by atoms with Crippen molar-refractivity contribution in [1.82, 2.24) is 0 Å². The molecule has 0 nitrogen and oxygen atoms in total. The minimum absolute atomic E-state index is 0.340. The zero-order chi connectivity index (χ0) is 34.1. The van der Waals surface area contributed by atoms with Crippen LogP contribution in [0.1, 0.15) is 0 Å². The Morgan fingerprint density at radius 3 is 0.878 bits per heavy atom. The lowest BCUT2D eigenvalue weighted by Gasteiger charge is -2.35. The van der Waals surface area contributed by atoms with Gasteiger partial charge in [-0.3, -0.25) is 0 Å². The third kappa shape index (κ3) is 6.33. The lowest BCUT2D eigenvalue weighted by Crippen LogP contribution is -2.74. The fraction of sp³-hybridized carbons (Fsp3) is 0. The van der Waals surface area contributed by atoms with E-state index < -0.39 is 43.0 Å². The second-order valence-electron chi connectivity index (χ2n) is 11.8. The Balaban J connectivity index is 1.47. The summed E-state index contributed by atoms with van der Waals surface area (Å²) in [4.78, 5) is 0. The van der Waals surface area contributed by atoms with Gasteiger partial charge in [0, 0.05) is 18.2 Å². The van der Waals surface area contributed by atoms with E-state index >= 15 is 8.78 Å². The summed E-state index contributed by atoms with van der Waals surface area (Å²) in [7, 11) is -3.55. The summed E-state index contributed by atoms with van der Waals surface area (Å²) in [6.45, 7) is 0. The summed E-state index contributed by atoms with van der Waals surface area (Å²) in [5.41, 5.74) is 3.73. The van der Waals surface area contributed by atoms with Gasteiger partial charge >= 0.3 is 0 Å². The van der Waals surface area contributed by atoms with Crippen LogP contribution in [-0.4, -0.2) is 8.07 Å². The summed E-state index contributed by atoms with van der Waals surface area (Å²) >= 11 is 0. The van der Waals surface area contributed by atoms with Gasteiger partial charge in [0.25, 0.3) is 0 Å². The molecule has 0 spiro atoms. The molecule has 0 aliphatic heterocycles. The van der Waals surface area contributed by atoms with E-state index in [1.165, 1.54) is 36.4 Å². The normalized spacial score (nSPS) is 11.5. The molecule has 240 valence electrons. The Hall–Kier alpha value is -5.66. The molecule has 0 aromatic heterocycles. The summed E-state index contributed by atoms with van der Waals surface area (Å²) in [5.74, 6) is -4.34. The molecule has 7 heteroatoms. The van der Waals surface area contributed by atoms with E-state index in [2.05, 4.69) is 0 Å². The van der Waals surface area contributed by atoms with Gasteiger partial charge in [-0.25, -0.2) is 26.3 Å². The van der Waals surface area contributed by atoms with Crippen LogP contribution in [0.2, 0.25) is 0 Å². The van der Waals surface area contributed by atoms with E-state index in [-0.39, 0.29) is 0 Å². The van der Waals surface area contributed by atoms with E-state index in [1.54, 1.807) is 24.3 Å². The molecule has 7 rings (SSSR count). The molecule has 7 aromatic rings. The van der Waals surface area contributed by atoms with Crippen molar-refractivity contribution in [2.45, 2.75) is 0 Å². The standard InChI is InChI=1S/C42H26F6Si/c43-33-18-31(19-34(44)22-33)29-8-14-40(15-9-29)49(42-25-37(47)24-38(48)26-42,39-12-6-28(7-13-39)27-4-2-1-3-5-27)41-16-10-30(11-17-41)32-20-35(45)23-36(46)21-32/h1-26H. The molecule has 0 N–H and O–H groups in total. The van der Waals surface area contributed by atoms with Crippen molar-refractivity contribution in [3.05, 3.63) is 193 Å². The molecule has 49 heavy (non-hydrogen) atoms. The molecular weight excluding hydrogens is 647 g/mol. The van der Waals surface area contributed by atoms with Crippen LogP contribution in [0.3, 0.4) is 0 Å². The summed E-state index contributed by atoms with van der Waals surface area (Å²) < 4.78 is 86.8. The Morgan fingerprint density at radius 2 is 0.531 bits per heavy atom. The van der Waals surface area contributed by atoms with Crippen molar-refractivity contribution in [2.24, 2.45) is 0 Å². The maximum Gasteiger partial charge on any atom is 0.179 e. The van der Waals surface area contributed by atoms with Crippen molar-refractivity contribution in [3.8, 4) is 33.4 Å². The topological polar surface area (TPSA) is 0 Å². The van der Waals surface area contributed by atoms with Crippen LogP contribution in [0.25, 0.3) is 33.4 Å². The monoisotopic (exact) mass is 672 g/mol. The third-order valence-corrected chi connectivity index (χ3v) is 13.5. The summed E-state index contributed by atoms with van der Waals surface area (Å²) in [6, 6.07) is 42.0. The Labute approximate surface area is 280 Å². The highest BCUT2D eigenvalue weighted by Crippen LogP contribution is 2.25. The number of hydrogen-bond acceptors (Lipinski definition) is 0. The number of halogens is 6. The first-order chi connectivity index (χ1) is 23.7. The van der Waals surface area contributed by atoms with Crippen LogP contribution < -0.4 is 20.7 Å². The second-order valence-corrected chi connectivity index (χ2v) is 15.6. The number of rotatable bonds is 7. The largest absolute Gasteiger partial charge is 0.207 e. The molecule has 0 amide bonds. The van der Waals surface area contributed by atoms with E-state index in [1.807, 2.05) is 78.9 Å².